The monoisotopic (exact) mass is 299 g/mol. The zero-order valence-electron chi connectivity index (χ0n) is 11.5. The molecule has 1 atom stereocenters. The summed E-state index contributed by atoms with van der Waals surface area (Å²) >= 11 is 0. The van der Waals surface area contributed by atoms with E-state index in [-0.39, 0.29) is 10.8 Å². The van der Waals surface area contributed by atoms with Crippen LogP contribution in [0.1, 0.15) is 25.3 Å². The smallest absolute Gasteiger partial charge is 0.238 e. The first-order chi connectivity index (χ1) is 9.34. The molecular formula is C13H21N3O3S. The molecule has 112 valence electrons. The molecule has 0 aromatic heterocycles. The second kappa shape index (κ2) is 7.37. The van der Waals surface area contributed by atoms with E-state index >= 15 is 0 Å². The standard InChI is InChI=1S/C13H21N3O3S/c1-2-3-12(14)13(17)16-9-8-10-4-6-11(7-5-10)20(15,18)19/h4-7,12H,2-3,8-9,14H2,1H3,(H,16,17)(H2,15,18,19)/t12-/m0/s1. The number of primary sulfonamides is 1. The summed E-state index contributed by atoms with van der Waals surface area (Å²) in [7, 11) is -3.66. The molecule has 6 nitrogen and oxygen atoms in total. The molecule has 1 aromatic carbocycles. The van der Waals surface area contributed by atoms with Crippen LogP contribution in [0.2, 0.25) is 0 Å². The Morgan fingerprint density at radius 2 is 1.90 bits per heavy atom. The molecule has 0 spiro atoms. The summed E-state index contributed by atoms with van der Waals surface area (Å²) in [5, 5.41) is 7.76. The van der Waals surface area contributed by atoms with Crippen molar-refractivity contribution in [2.24, 2.45) is 10.9 Å². The Bertz CT molecular complexity index is 540. The van der Waals surface area contributed by atoms with Crippen molar-refractivity contribution in [1.82, 2.24) is 5.32 Å². The third kappa shape index (κ3) is 5.28. The Balaban J connectivity index is 2.45. The molecule has 1 rings (SSSR count). The van der Waals surface area contributed by atoms with E-state index in [1.165, 1.54) is 12.1 Å². The van der Waals surface area contributed by atoms with Crippen molar-refractivity contribution in [3.8, 4) is 0 Å². The third-order valence-electron chi connectivity index (χ3n) is 2.90. The van der Waals surface area contributed by atoms with Crippen LogP contribution in [0.3, 0.4) is 0 Å². The van der Waals surface area contributed by atoms with Crippen molar-refractivity contribution in [2.75, 3.05) is 6.54 Å². The van der Waals surface area contributed by atoms with E-state index in [9.17, 15) is 13.2 Å². The molecule has 0 aliphatic carbocycles. The van der Waals surface area contributed by atoms with Gasteiger partial charge in [-0.15, -0.1) is 0 Å². The van der Waals surface area contributed by atoms with Gasteiger partial charge in [-0.25, -0.2) is 13.6 Å². The molecule has 0 aliphatic rings. The van der Waals surface area contributed by atoms with Crippen molar-refractivity contribution in [3.05, 3.63) is 29.8 Å². The van der Waals surface area contributed by atoms with Gasteiger partial charge in [-0.1, -0.05) is 25.5 Å². The normalized spacial score (nSPS) is 12.9. The molecule has 20 heavy (non-hydrogen) atoms. The lowest BCUT2D eigenvalue weighted by atomic mass is 10.1. The van der Waals surface area contributed by atoms with Gasteiger partial charge in [0.05, 0.1) is 10.9 Å². The largest absolute Gasteiger partial charge is 0.354 e. The molecule has 0 aliphatic heterocycles. The minimum absolute atomic E-state index is 0.0789. The van der Waals surface area contributed by atoms with Gasteiger partial charge in [-0.2, -0.15) is 0 Å². The van der Waals surface area contributed by atoms with Gasteiger partial charge in [-0.05, 0) is 30.5 Å². The van der Waals surface area contributed by atoms with Crippen LogP contribution in [-0.2, 0) is 21.2 Å². The van der Waals surface area contributed by atoms with Gasteiger partial charge in [0.1, 0.15) is 0 Å². The maximum atomic E-state index is 11.6. The average molecular weight is 299 g/mol. The van der Waals surface area contributed by atoms with Crippen LogP contribution in [0, 0.1) is 0 Å². The van der Waals surface area contributed by atoms with Crippen molar-refractivity contribution in [2.45, 2.75) is 37.1 Å². The molecule has 0 unspecified atom stereocenters. The Kier molecular flexibility index (Phi) is 6.12. The highest BCUT2D eigenvalue weighted by atomic mass is 32.2. The zero-order valence-corrected chi connectivity index (χ0v) is 12.3. The zero-order chi connectivity index (χ0) is 15.2. The summed E-state index contributed by atoms with van der Waals surface area (Å²) in [6.07, 6.45) is 2.13. The fourth-order valence-corrected chi connectivity index (χ4v) is 2.26. The number of nitrogens with one attached hydrogen (secondary N) is 1. The number of rotatable bonds is 7. The van der Waals surface area contributed by atoms with Crippen LogP contribution in [0.4, 0.5) is 0 Å². The van der Waals surface area contributed by atoms with Crippen molar-refractivity contribution < 1.29 is 13.2 Å². The summed E-state index contributed by atoms with van der Waals surface area (Å²) in [6.45, 7) is 2.44. The molecule has 0 saturated carbocycles. The molecule has 0 bridgehead atoms. The molecule has 7 heteroatoms. The highest BCUT2D eigenvalue weighted by Gasteiger charge is 2.11. The maximum absolute atomic E-state index is 11.6. The summed E-state index contributed by atoms with van der Waals surface area (Å²) in [4.78, 5) is 11.7. The molecular weight excluding hydrogens is 278 g/mol. The topological polar surface area (TPSA) is 115 Å². The summed E-state index contributed by atoms with van der Waals surface area (Å²) in [6, 6.07) is 5.80. The van der Waals surface area contributed by atoms with E-state index in [1.807, 2.05) is 6.92 Å². The summed E-state index contributed by atoms with van der Waals surface area (Å²) < 4.78 is 22.2. The Labute approximate surface area is 119 Å². The first kappa shape index (κ1) is 16.6. The summed E-state index contributed by atoms with van der Waals surface area (Å²) in [5.41, 5.74) is 6.60. The van der Waals surface area contributed by atoms with Crippen LogP contribution in [0.5, 0.6) is 0 Å². The second-order valence-electron chi connectivity index (χ2n) is 4.63. The molecule has 0 fully saturated rings. The number of benzene rings is 1. The second-order valence-corrected chi connectivity index (χ2v) is 6.19. The van der Waals surface area contributed by atoms with E-state index < -0.39 is 16.1 Å². The third-order valence-corrected chi connectivity index (χ3v) is 3.83. The van der Waals surface area contributed by atoms with Crippen LogP contribution in [0.15, 0.2) is 29.2 Å². The minimum atomic E-state index is -3.66. The van der Waals surface area contributed by atoms with Crippen LogP contribution in [-0.4, -0.2) is 26.9 Å². The summed E-state index contributed by atoms with van der Waals surface area (Å²) in [5.74, 6) is -0.159. The van der Waals surface area contributed by atoms with Gasteiger partial charge in [0.15, 0.2) is 0 Å². The van der Waals surface area contributed by atoms with Gasteiger partial charge in [0.2, 0.25) is 15.9 Å². The SMILES string of the molecule is CCC[C@H](N)C(=O)NCCc1ccc(S(N)(=O)=O)cc1. The van der Waals surface area contributed by atoms with Gasteiger partial charge in [0.25, 0.3) is 0 Å². The molecule has 0 saturated heterocycles. The molecule has 5 N–H and O–H groups in total. The van der Waals surface area contributed by atoms with Crippen molar-refractivity contribution in [1.29, 1.82) is 0 Å². The molecule has 0 radical (unpaired) electrons. The molecule has 1 aromatic rings. The fourth-order valence-electron chi connectivity index (χ4n) is 1.75. The number of sulfonamides is 1. The Hall–Kier alpha value is -1.44. The quantitative estimate of drug-likeness (QED) is 0.663. The van der Waals surface area contributed by atoms with Gasteiger partial charge in [0, 0.05) is 6.54 Å². The number of nitrogens with two attached hydrogens (primary N) is 2. The van der Waals surface area contributed by atoms with Gasteiger partial charge < -0.3 is 11.1 Å². The number of amides is 1. The van der Waals surface area contributed by atoms with E-state index in [0.29, 0.717) is 19.4 Å². The van der Waals surface area contributed by atoms with E-state index in [2.05, 4.69) is 5.32 Å². The van der Waals surface area contributed by atoms with Crippen molar-refractivity contribution >= 4 is 15.9 Å². The average Bonchev–Trinajstić information content (AvgIpc) is 2.38. The number of carbonyl (C=O) groups excluding carboxylic acids is 1. The predicted octanol–water partition coefficient (Wildman–Crippen LogP) is 0.120. The number of hydrogen-bond donors (Lipinski definition) is 3. The van der Waals surface area contributed by atoms with Crippen LogP contribution in [0.25, 0.3) is 0 Å². The number of hydrogen-bond acceptors (Lipinski definition) is 4. The lowest BCUT2D eigenvalue weighted by molar-refractivity contribution is -0.122. The fraction of sp³-hybridized carbons (Fsp3) is 0.462. The predicted molar refractivity (Wildman–Crippen MR) is 77.4 cm³/mol. The highest BCUT2D eigenvalue weighted by molar-refractivity contribution is 7.89. The lowest BCUT2D eigenvalue weighted by Gasteiger charge is -2.11. The first-order valence-electron chi connectivity index (χ1n) is 6.49. The van der Waals surface area contributed by atoms with Crippen LogP contribution >= 0.6 is 0 Å². The van der Waals surface area contributed by atoms with Gasteiger partial charge >= 0.3 is 0 Å². The molecule has 1 amide bonds. The Morgan fingerprint density at radius 1 is 1.30 bits per heavy atom. The van der Waals surface area contributed by atoms with E-state index in [1.54, 1.807) is 12.1 Å². The maximum Gasteiger partial charge on any atom is 0.238 e. The van der Waals surface area contributed by atoms with Crippen LogP contribution < -0.4 is 16.2 Å². The number of carbonyl (C=O) groups is 1. The van der Waals surface area contributed by atoms with Crippen molar-refractivity contribution in [3.63, 3.8) is 0 Å². The molecule has 0 heterocycles. The van der Waals surface area contributed by atoms with Gasteiger partial charge in [-0.3, -0.25) is 4.79 Å². The van der Waals surface area contributed by atoms with E-state index in [4.69, 9.17) is 10.9 Å². The Morgan fingerprint density at radius 3 is 2.40 bits per heavy atom. The minimum Gasteiger partial charge on any atom is -0.354 e. The van der Waals surface area contributed by atoms with E-state index in [0.717, 1.165) is 12.0 Å². The highest BCUT2D eigenvalue weighted by Crippen LogP contribution is 2.08. The first-order valence-corrected chi connectivity index (χ1v) is 8.04. The lowest BCUT2D eigenvalue weighted by Crippen LogP contribution is -2.41.